The lowest BCUT2D eigenvalue weighted by molar-refractivity contribution is -0.122. The standard InChI is InChI=1S/C19H25ClN4O3/c1-3-13(2)22-17(26)11-12-21-16(25)5-4-6-18-23-19(24-27-18)14-7-9-15(20)10-8-14/h7-10,13H,3-6,11-12H2,1-2H3,(H,21,25)(H,22,26). The van der Waals surface area contributed by atoms with Crippen LogP contribution in [0.25, 0.3) is 11.4 Å². The highest BCUT2D eigenvalue weighted by Gasteiger charge is 2.10. The first-order valence-electron chi connectivity index (χ1n) is 9.12. The fourth-order valence-electron chi connectivity index (χ4n) is 2.33. The van der Waals surface area contributed by atoms with Crippen molar-refractivity contribution in [3.05, 3.63) is 35.2 Å². The molecule has 1 unspecified atom stereocenters. The zero-order chi connectivity index (χ0) is 19.6. The lowest BCUT2D eigenvalue weighted by Crippen LogP contribution is -2.35. The molecule has 1 heterocycles. The molecule has 8 heteroatoms. The lowest BCUT2D eigenvalue weighted by atomic mass is 10.2. The minimum Gasteiger partial charge on any atom is -0.356 e. The van der Waals surface area contributed by atoms with Crippen LogP contribution in [-0.4, -0.2) is 34.5 Å². The molecule has 1 aromatic heterocycles. The summed E-state index contributed by atoms with van der Waals surface area (Å²) in [5, 5.41) is 10.2. The minimum atomic E-state index is -0.0937. The Hall–Kier alpha value is -2.41. The van der Waals surface area contributed by atoms with Gasteiger partial charge in [-0.25, -0.2) is 0 Å². The maximum atomic E-state index is 11.8. The maximum absolute atomic E-state index is 11.8. The first-order valence-corrected chi connectivity index (χ1v) is 9.50. The van der Waals surface area contributed by atoms with Crippen molar-refractivity contribution in [1.82, 2.24) is 20.8 Å². The number of carbonyl (C=O) groups is 2. The number of carbonyl (C=O) groups excluding carboxylic acids is 2. The van der Waals surface area contributed by atoms with E-state index in [1.165, 1.54) is 0 Å². The van der Waals surface area contributed by atoms with Gasteiger partial charge >= 0.3 is 0 Å². The van der Waals surface area contributed by atoms with Crippen LogP contribution in [0.4, 0.5) is 0 Å². The van der Waals surface area contributed by atoms with Crippen molar-refractivity contribution in [2.75, 3.05) is 6.54 Å². The largest absolute Gasteiger partial charge is 0.356 e. The fourth-order valence-corrected chi connectivity index (χ4v) is 2.45. The Labute approximate surface area is 163 Å². The van der Waals surface area contributed by atoms with Crippen LogP contribution >= 0.6 is 11.6 Å². The van der Waals surface area contributed by atoms with Gasteiger partial charge < -0.3 is 15.2 Å². The predicted molar refractivity (Wildman–Crippen MR) is 103 cm³/mol. The zero-order valence-electron chi connectivity index (χ0n) is 15.6. The molecule has 27 heavy (non-hydrogen) atoms. The average molecular weight is 393 g/mol. The summed E-state index contributed by atoms with van der Waals surface area (Å²) < 4.78 is 5.21. The number of hydrogen-bond donors (Lipinski definition) is 2. The first-order chi connectivity index (χ1) is 13.0. The van der Waals surface area contributed by atoms with Gasteiger partial charge in [-0.15, -0.1) is 0 Å². The molecule has 0 aliphatic rings. The van der Waals surface area contributed by atoms with Crippen LogP contribution in [0.1, 0.15) is 45.4 Å². The third kappa shape index (κ3) is 7.38. The van der Waals surface area contributed by atoms with Crippen molar-refractivity contribution in [2.45, 2.75) is 52.0 Å². The first kappa shape index (κ1) is 20.9. The van der Waals surface area contributed by atoms with Crippen LogP contribution in [-0.2, 0) is 16.0 Å². The van der Waals surface area contributed by atoms with E-state index < -0.39 is 0 Å². The summed E-state index contributed by atoms with van der Waals surface area (Å²) in [5.41, 5.74) is 0.822. The van der Waals surface area contributed by atoms with Crippen molar-refractivity contribution in [2.24, 2.45) is 0 Å². The molecule has 0 saturated heterocycles. The van der Waals surface area contributed by atoms with Crippen molar-refractivity contribution in [3.8, 4) is 11.4 Å². The van der Waals surface area contributed by atoms with E-state index in [1.54, 1.807) is 12.1 Å². The van der Waals surface area contributed by atoms with Crippen LogP contribution in [0.2, 0.25) is 5.02 Å². The van der Waals surface area contributed by atoms with Crippen LogP contribution in [0, 0.1) is 0 Å². The zero-order valence-corrected chi connectivity index (χ0v) is 16.4. The number of nitrogens with one attached hydrogen (secondary N) is 2. The molecule has 1 aromatic carbocycles. The molecule has 0 radical (unpaired) electrons. The minimum absolute atomic E-state index is 0.0507. The molecule has 0 aliphatic heterocycles. The van der Waals surface area contributed by atoms with E-state index in [4.69, 9.17) is 16.1 Å². The Kier molecular flexibility index (Phi) is 8.26. The van der Waals surface area contributed by atoms with Crippen molar-refractivity contribution in [1.29, 1.82) is 0 Å². The number of halogens is 1. The molecule has 146 valence electrons. The van der Waals surface area contributed by atoms with Gasteiger partial charge in [-0.2, -0.15) is 4.98 Å². The predicted octanol–water partition coefficient (Wildman–Crippen LogP) is 3.13. The number of aromatic nitrogens is 2. The van der Waals surface area contributed by atoms with Gasteiger partial charge in [0.15, 0.2) is 0 Å². The number of hydrogen-bond acceptors (Lipinski definition) is 5. The summed E-state index contributed by atoms with van der Waals surface area (Å²) in [7, 11) is 0. The highest BCUT2D eigenvalue weighted by atomic mass is 35.5. The average Bonchev–Trinajstić information content (AvgIpc) is 3.11. The van der Waals surface area contributed by atoms with E-state index in [1.807, 2.05) is 26.0 Å². The van der Waals surface area contributed by atoms with E-state index in [-0.39, 0.29) is 24.3 Å². The van der Waals surface area contributed by atoms with Crippen LogP contribution < -0.4 is 10.6 Å². The summed E-state index contributed by atoms with van der Waals surface area (Å²) in [6.07, 6.45) is 2.61. The van der Waals surface area contributed by atoms with Gasteiger partial charge in [-0.1, -0.05) is 23.7 Å². The molecule has 2 N–H and O–H groups in total. The number of rotatable bonds is 10. The smallest absolute Gasteiger partial charge is 0.226 e. The van der Waals surface area contributed by atoms with Crippen LogP contribution in [0.15, 0.2) is 28.8 Å². The van der Waals surface area contributed by atoms with Gasteiger partial charge in [-0.3, -0.25) is 9.59 Å². The normalized spacial score (nSPS) is 11.8. The van der Waals surface area contributed by atoms with E-state index in [0.29, 0.717) is 42.5 Å². The van der Waals surface area contributed by atoms with Gasteiger partial charge in [0.25, 0.3) is 0 Å². The molecular formula is C19H25ClN4O3. The van der Waals surface area contributed by atoms with Gasteiger partial charge in [0, 0.05) is 42.4 Å². The van der Waals surface area contributed by atoms with E-state index in [2.05, 4.69) is 20.8 Å². The van der Waals surface area contributed by atoms with Crippen molar-refractivity contribution >= 4 is 23.4 Å². The van der Waals surface area contributed by atoms with E-state index in [9.17, 15) is 9.59 Å². The summed E-state index contributed by atoms with van der Waals surface area (Å²) in [5.74, 6) is 0.841. The van der Waals surface area contributed by atoms with E-state index in [0.717, 1.165) is 12.0 Å². The Morgan fingerprint density at radius 1 is 1.19 bits per heavy atom. The van der Waals surface area contributed by atoms with Crippen molar-refractivity contribution < 1.29 is 14.1 Å². The second-order valence-electron chi connectivity index (χ2n) is 6.35. The molecule has 0 aliphatic carbocycles. The topological polar surface area (TPSA) is 97.1 Å². The second-order valence-corrected chi connectivity index (χ2v) is 6.79. The Morgan fingerprint density at radius 3 is 2.63 bits per heavy atom. The molecule has 2 amide bonds. The molecule has 2 aromatic rings. The fraction of sp³-hybridized carbons (Fsp3) is 0.474. The van der Waals surface area contributed by atoms with Crippen LogP contribution in [0.3, 0.4) is 0 Å². The molecule has 7 nitrogen and oxygen atoms in total. The van der Waals surface area contributed by atoms with Gasteiger partial charge in [-0.05, 0) is 44.0 Å². The van der Waals surface area contributed by atoms with Gasteiger partial charge in [0.05, 0.1) is 0 Å². The quantitative estimate of drug-likeness (QED) is 0.647. The Bertz CT molecular complexity index is 746. The number of aryl methyl sites for hydroxylation is 1. The van der Waals surface area contributed by atoms with Gasteiger partial charge in [0.2, 0.25) is 23.5 Å². The lowest BCUT2D eigenvalue weighted by Gasteiger charge is -2.11. The SMILES string of the molecule is CCC(C)NC(=O)CCNC(=O)CCCc1nc(-c2ccc(Cl)cc2)no1. The summed E-state index contributed by atoms with van der Waals surface area (Å²) in [6, 6.07) is 7.32. The highest BCUT2D eigenvalue weighted by Crippen LogP contribution is 2.19. The second kappa shape index (κ2) is 10.7. The van der Waals surface area contributed by atoms with Gasteiger partial charge in [0.1, 0.15) is 0 Å². The molecule has 0 saturated carbocycles. The summed E-state index contributed by atoms with van der Waals surface area (Å²) in [4.78, 5) is 27.8. The molecule has 0 bridgehead atoms. The summed E-state index contributed by atoms with van der Waals surface area (Å²) >= 11 is 5.86. The van der Waals surface area contributed by atoms with Crippen LogP contribution in [0.5, 0.6) is 0 Å². The Balaban J connectivity index is 1.65. The molecule has 1 atom stereocenters. The number of amides is 2. The molecule has 0 spiro atoms. The van der Waals surface area contributed by atoms with Crippen molar-refractivity contribution in [3.63, 3.8) is 0 Å². The third-order valence-corrected chi connectivity index (χ3v) is 4.31. The Morgan fingerprint density at radius 2 is 1.93 bits per heavy atom. The highest BCUT2D eigenvalue weighted by molar-refractivity contribution is 6.30. The molecule has 2 rings (SSSR count). The number of benzene rings is 1. The van der Waals surface area contributed by atoms with E-state index >= 15 is 0 Å². The molecule has 0 fully saturated rings. The summed E-state index contributed by atoms with van der Waals surface area (Å²) in [6.45, 7) is 4.29. The molecular weight excluding hydrogens is 368 g/mol. The third-order valence-electron chi connectivity index (χ3n) is 4.06. The number of nitrogens with zero attached hydrogens (tertiary/aromatic N) is 2. The monoisotopic (exact) mass is 392 g/mol. The maximum Gasteiger partial charge on any atom is 0.226 e.